The number of fused-ring (bicyclic) bond motifs is 1. The average molecular weight is 409 g/mol. The largest absolute Gasteiger partial charge is 0.325 e. The molecule has 1 amide bonds. The van der Waals surface area contributed by atoms with Crippen molar-refractivity contribution in [2.45, 2.75) is 24.7 Å². The van der Waals surface area contributed by atoms with Crippen molar-refractivity contribution in [3.05, 3.63) is 52.5 Å². The number of sulfone groups is 1. The average Bonchev–Trinajstić information content (AvgIpc) is 3.08. The van der Waals surface area contributed by atoms with Gasteiger partial charge in [-0.1, -0.05) is 29.3 Å². The Morgan fingerprint density at radius 3 is 2.65 bits per heavy atom. The Bertz CT molecular complexity index is 1040. The number of benzene rings is 2. The zero-order valence-electron chi connectivity index (χ0n) is 14.0. The lowest BCUT2D eigenvalue weighted by molar-refractivity contribution is -0.116. The molecule has 3 aromatic rings. The van der Waals surface area contributed by atoms with Crippen LogP contribution in [0.1, 0.15) is 18.4 Å². The molecule has 26 heavy (non-hydrogen) atoms. The molecule has 136 valence electrons. The number of hydrogen-bond donors (Lipinski definition) is 1. The van der Waals surface area contributed by atoms with Crippen molar-refractivity contribution in [3.8, 4) is 0 Å². The summed E-state index contributed by atoms with van der Waals surface area (Å²) in [6.45, 7) is 1.90. The van der Waals surface area contributed by atoms with Crippen LogP contribution in [0.5, 0.6) is 0 Å². The van der Waals surface area contributed by atoms with E-state index in [1.807, 2.05) is 6.92 Å². The van der Waals surface area contributed by atoms with Crippen LogP contribution in [-0.4, -0.2) is 25.1 Å². The zero-order chi connectivity index (χ0) is 18.7. The van der Waals surface area contributed by atoms with E-state index in [0.29, 0.717) is 16.2 Å². The number of thiazole rings is 1. The SMILES string of the molecule is Cc1ccc(S(=O)(=O)CCCC(=O)Nc2ccc(Cl)c3ncsc23)cc1. The van der Waals surface area contributed by atoms with Gasteiger partial charge >= 0.3 is 0 Å². The predicted octanol–water partition coefficient (Wildman–Crippen LogP) is 4.45. The molecule has 0 saturated carbocycles. The molecule has 8 heteroatoms. The van der Waals surface area contributed by atoms with Gasteiger partial charge in [0.1, 0.15) is 5.52 Å². The van der Waals surface area contributed by atoms with Gasteiger partial charge in [-0.3, -0.25) is 4.79 Å². The first-order valence-corrected chi connectivity index (χ1v) is 10.9. The van der Waals surface area contributed by atoms with Crippen LogP contribution in [0, 0.1) is 6.92 Å². The number of halogens is 1. The molecule has 1 N–H and O–H groups in total. The number of anilines is 1. The fraction of sp³-hybridized carbons (Fsp3) is 0.222. The fourth-order valence-corrected chi connectivity index (χ4v) is 4.87. The zero-order valence-corrected chi connectivity index (χ0v) is 16.4. The molecule has 0 aliphatic rings. The summed E-state index contributed by atoms with van der Waals surface area (Å²) in [4.78, 5) is 16.6. The molecule has 2 aromatic carbocycles. The summed E-state index contributed by atoms with van der Waals surface area (Å²) in [7, 11) is -3.38. The van der Waals surface area contributed by atoms with Gasteiger partial charge in [0.15, 0.2) is 9.84 Å². The van der Waals surface area contributed by atoms with E-state index in [4.69, 9.17) is 11.6 Å². The van der Waals surface area contributed by atoms with Gasteiger partial charge in [0.05, 0.1) is 31.6 Å². The molecule has 0 fully saturated rings. The van der Waals surface area contributed by atoms with Gasteiger partial charge in [-0.15, -0.1) is 11.3 Å². The highest BCUT2D eigenvalue weighted by molar-refractivity contribution is 7.91. The number of nitrogens with one attached hydrogen (secondary N) is 1. The van der Waals surface area contributed by atoms with Gasteiger partial charge in [0, 0.05) is 6.42 Å². The molecular weight excluding hydrogens is 392 g/mol. The first kappa shape index (κ1) is 18.8. The summed E-state index contributed by atoms with van der Waals surface area (Å²) >= 11 is 7.46. The van der Waals surface area contributed by atoms with Crippen LogP contribution in [0.2, 0.25) is 5.02 Å². The van der Waals surface area contributed by atoms with Gasteiger partial charge in [0.2, 0.25) is 5.91 Å². The molecule has 1 aromatic heterocycles. The van der Waals surface area contributed by atoms with Crippen LogP contribution in [0.4, 0.5) is 5.69 Å². The second-order valence-electron chi connectivity index (χ2n) is 5.91. The lowest BCUT2D eigenvalue weighted by Gasteiger charge is -2.08. The molecule has 0 saturated heterocycles. The quantitative estimate of drug-likeness (QED) is 0.653. The molecule has 5 nitrogen and oxygen atoms in total. The lowest BCUT2D eigenvalue weighted by atomic mass is 10.2. The van der Waals surface area contributed by atoms with Crippen LogP contribution in [0.15, 0.2) is 46.8 Å². The van der Waals surface area contributed by atoms with Gasteiger partial charge in [-0.2, -0.15) is 0 Å². The van der Waals surface area contributed by atoms with Crippen molar-refractivity contribution in [2.75, 3.05) is 11.1 Å². The third-order valence-electron chi connectivity index (χ3n) is 3.91. The minimum atomic E-state index is -3.38. The summed E-state index contributed by atoms with van der Waals surface area (Å²) < 4.78 is 25.4. The molecular formula is C18H17ClN2O3S2. The third kappa shape index (κ3) is 4.23. The number of amides is 1. The van der Waals surface area contributed by atoms with E-state index >= 15 is 0 Å². The smallest absolute Gasteiger partial charge is 0.224 e. The maximum absolute atomic E-state index is 12.3. The van der Waals surface area contributed by atoms with Gasteiger partial charge in [-0.05, 0) is 37.6 Å². The molecule has 0 radical (unpaired) electrons. The normalized spacial score (nSPS) is 11.6. The van der Waals surface area contributed by atoms with E-state index in [-0.39, 0.29) is 29.4 Å². The van der Waals surface area contributed by atoms with Gasteiger partial charge in [-0.25, -0.2) is 13.4 Å². The van der Waals surface area contributed by atoms with E-state index < -0.39 is 9.84 Å². The van der Waals surface area contributed by atoms with E-state index in [0.717, 1.165) is 10.3 Å². The second kappa shape index (κ2) is 7.73. The second-order valence-corrected chi connectivity index (χ2v) is 9.28. The number of aromatic nitrogens is 1. The Balaban J connectivity index is 1.59. The molecule has 0 atom stereocenters. The first-order valence-electron chi connectivity index (χ1n) is 7.98. The Morgan fingerprint density at radius 1 is 1.19 bits per heavy atom. The maximum Gasteiger partial charge on any atom is 0.224 e. The van der Waals surface area contributed by atoms with Crippen LogP contribution < -0.4 is 5.32 Å². The molecule has 0 unspecified atom stereocenters. The summed E-state index contributed by atoms with van der Waals surface area (Å²) in [6, 6.07) is 10.1. The van der Waals surface area contributed by atoms with Crippen molar-refractivity contribution in [1.82, 2.24) is 4.98 Å². The molecule has 0 spiro atoms. The van der Waals surface area contributed by atoms with Crippen molar-refractivity contribution >= 4 is 54.6 Å². The monoisotopic (exact) mass is 408 g/mol. The Labute approximate surface area is 160 Å². The number of nitrogens with zero attached hydrogens (tertiary/aromatic N) is 1. The van der Waals surface area contributed by atoms with Gasteiger partial charge in [0.25, 0.3) is 0 Å². The molecule has 0 bridgehead atoms. The van der Waals surface area contributed by atoms with Crippen molar-refractivity contribution in [3.63, 3.8) is 0 Å². The highest BCUT2D eigenvalue weighted by atomic mass is 35.5. The molecule has 0 aliphatic carbocycles. The highest BCUT2D eigenvalue weighted by Crippen LogP contribution is 2.32. The number of hydrogen-bond acceptors (Lipinski definition) is 5. The van der Waals surface area contributed by atoms with Crippen LogP contribution in [-0.2, 0) is 14.6 Å². The third-order valence-corrected chi connectivity index (χ3v) is 6.89. The van der Waals surface area contributed by atoms with Gasteiger partial charge < -0.3 is 5.32 Å². The maximum atomic E-state index is 12.3. The number of carbonyl (C=O) groups excluding carboxylic acids is 1. The summed E-state index contributed by atoms with van der Waals surface area (Å²) in [6.07, 6.45) is 0.371. The van der Waals surface area contributed by atoms with Crippen molar-refractivity contribution in [2.24, 2.45) is 0 Å². The molecule has 0 aliphatic heterocycles. The Kier molecular flexibility index (Phi) is 5.60. The van der Waals surface area contributed by atoms with Crippen molar-refractivity contribution < 1.29 is 13.2 Å². The number of rotatable bonds is 6. The summed E-state index contributed by atoms with van der Waals surface area (Å²) in [5.41, 5.74) is 3.95. The minimum absolute atomic E-state index is 0.0694. The van der Waals surface area contributed by atoms with E-state index in [2.05, 4.69) is 10.3 Å². The Hall–Kier alpha value is -1.96. The van der Waals surface area contributed by atoms with E-state index in [1.54, 1.807) is 41.9 Å². The Morgan fingerprint density at radius 2 is 1.92 bits per heavy atom. The first-order chi connectivity index (χ1) is 12.4. The van der Waals surface area contributed by atoms with Crippen LogP contribution in [0.25, 0.3) is 10.2 Å². The molecule has 3 rings (SSSR count). The number of aryl methyl sites for hydroxylation is 1. The topological polar surface area (TPSA) is 76.1 Å². The lowest BCUT2D eigenvalue weighted by Crippen LogP contribution is -2.14. The van der Waals surface area contributed by atoms with Crippen LogP contribution in [0.3, 0.4) is 0 Å². The van der Waals surface area contributed by atoms with Crippen LogP contribution >= 0.6 is 22.9 Å². The highest BCUT2D eigenvalue weighted by Gasteiger charge is 2.15. The van der Waals surface area contributed by atoms with E-state index in [1.165, 1.54) is 11.3 Å². The van der Waals surface area contributed by atoms with E-state index in [9.17, 15) is 13.2 Å². The van der Waals surface area contributed by atoms with Crippen molar-refractivity contribution in [1.29, 1.82) is 0 Å². The summed E-state index contributed by atoms with van der Waals surface area (Å²) in [5, 5.41) is 3.34. The predicted molar refractivity (Wildman–Crippen MR) is 106 cm³/mol. The standard InChI is InChI=1S/C18H17ClN2O3S2/c1-12-4-6-13(7-5-12)26(23,24)10-2-3-16(22)21-15-9-8-14(19)17-18(15)25-11-20-17/h4-9,11H,2-3,10H2,1H3,(H,21,22). The number of carbonyl (C=O) groups is 1. The summed E-state index contributed by atoms with van der Waals surface area (Å²) in [5.74, 6) is -0.304. The fourth-order valence-electron chi connectivity index (χ4n) is 2.52. The minimum Gasteiger partial charge on any atom is -0.325 e. The molecule has 1 heterocycles.